The van der Waals surface area contributed by atoms with Crippen molar-refractivity contribution in [2.24, 2.45) is 0 Å². The summed E-state index contributed by atoms with van der Waals surface area (Å²) in [4.78, 5) is 0.153. The van der Waals surface area contributed by atoms with Gasteiger partial charge in [0.15, 0.2) is 0 Å². The zero-order valence-electron chi connectivity index (χ0n) is 10.6. The van der Waals surface area contributed by atoms with E-state index in [9.17, 15) is 8.42 Å². The van der Waals surface area contributed by atoms with Gasteiger partial charge in [-0.1, -0.05) is 0 Å². The zero-order chi connectivity index (χ0) is 14.8. The molecule has 0 aromatic heterocycles. The lowest BCUT2D eigenvalue weighted by Crippen LogP contribution is -2.13. The first-order valence-electron chi connectivity index (χ1n) is 5.64. The summed E-state index contributed by atoms with van der Waals surface area (Å²) in [6.45, 7) is 0. The summed E-state index contributed by atoms with van der Waals surface area (Å²) in [5.41, 5.74) is 6.58. The molecule has 5 nitrogen and oxygen atoms in total. The van der Waals surface area contributed by atoms with Gasteiger partial charge in [0.25, 0.3) is 10.0 Å². The number of ether oxygens (including phenoxy) is 1. The van der Waals surface area contributed by atoms with E-state index in [-0.39, 0.29) is 4.90 Å². The van der Waals surface area contributed by atoms with Crippen LogP contribution < -0.4 is 15.2 Å². The van der Waals surface area contributed by atoms with Crippen LogP contribution in [0.2, 0.25) is 0 Å². The highest BCUT2D eigenvalue weighted by molar-refractivity contribution is 9.10. The molecule has 2 aromatic carbocycles. The van der Waals surface area contributed by atoms with Crippen molar-refractivity contribution in [1.29, 1.82) is 0 Å². The van der Waals surface area contributed by atoms with Crippen molar-refractivity contribution in [2.45, 2.75) is 4.90 Å². The molecule has 0 radical (unpaired) electrons. The van der Waals surface area contributed by atoms with Gasteiger partial charge in [0.05, 0.1) is 17.7 Å². The van der Waals surface area contributed by atoms with Gasteiger partial charge in [-0.05, 0) is 58.4 Å². The first-order valence-corrected chi connectivity index (χ1v) is 7.92. The number of sulfonamides is 1. The zero-order valence-corrected chi connectivity index (χ0v) is 13.0. The molecule has 106 valence electrons. The van der Waals surface area contributed by atoms with E-state index in [1.165, 1.54) is 19.2 Å². The van der Waals surface area contributed by atoms with Gasteiger partial charge in [0.2, 0.25) is 0 Å². The Bertz CT molecular complexity index is 715. The molecule has 2 rings (SSSR count). The monoisotopic (exact) mass is 356 g/mol. The number of nitrogens with two attached hydrogens (primary N) is 1. The Labute approximate surface area is 125 Å². The first-order chi connectivity index (χ1) is 9.42. The molecule has 0 fully saturated rings. The van der Waals surface area contributed by atoms with E-state index >= 15 is 0 Å². The summed E-state index contributed by atoms with van der Waals surface area (Å²) in [6.07, 6.45) is 0. The summed E-state index contributed by atoms with van der Waals surface area (Å²) < 4.78 is 32.6. The number of nitrogens with one attached hydrogen (secondary N) is 1. The Morgan fingerprint density at radius 3 is 2.35 bits per heavy atom. The molecule has 7 heteroatoms. The fraction of sp³-hybridized carbons (Fsp3) is 0.0769. The molecule has 0 saturated heterocycles. The predicted octanol–water partition coefficient (Wildman–Crippen LogP) is 2.84. The summed E-state index contributed by atoms with van der Waals surface area (Å²) in [5, 5.41) is 0. The normalized spacial score (nSPS) is 11.1. The van der Waals surface area contributed by atoms with Crippen LogP contribution in [0.15, 0.2) is 51.8 Å². The van der Waals surface area contributed by atoms with Gasteiger partial charge in [-0.25, -0.2) is 8.42 Å². The lowest BCUT2D eigenvalue weighted by atomic mass is 10.3. The van der Waals surface area contributed by atoms with Crippen LogP contribution in [-0.2, 0) is 10.0 Å². The molecule has 0 atom stereocenters. The summed E-state index contributed by atoms with van der Waals surface area (Å²) in [6, 6.07) is 11.0. The average molecular weight is 357 g/mol. The van der Waals surface area contributed by atoms with Gasteiger partial charge in [-0.3, -0.25) is 4.72 Å². The molecule has 0 heterocycles. The molecule has 2 aromatic rings. The van der Waals surface area contributed by atoms with E-state index in [0.29, 0.717) is 21.6 Å². The van der Waals surface area contributed by atoms with Crippen molar-refractivity contribution < 1.29 is 13.2 Å². The molecule has 0 bridgehead atoms. The third-order valence-electron chi connectivity index (χ3n) is 2.62. The number of hydrogen-bond acceptors (Lipinski definition) is 4. The van der Waals surface area contributed by atoms with Crippen molar-refractivity contribution in [1.82, 2.24) is 0 Å². The van der Waals surface area contributed by atoms with Crippen LogP contribution in [0, 0.1) is 0 Å². The minimum Gasteiger partial charge on any atom is -0.497 e. The maximum atomic E-state index is 12.2. The molecular weight excluding hydrogens is 344 g/mol. The highest BCUT2D eigenvalue weighted by Gasteiger charge is 2.14. The maximum absolute atomic E-state index is 12.2. The topological polar surface area (TPSA) is 81.4 Å². The fourth-order valence-corrected chi connectivity index (χ4v) is 2.87. The van der Waals surface area contributed by atoms with E-state index in [2.05, 4.69) is 20.7 Å². The van der Waals surface area contributed by atoms with Crippen molar-refractivity contribution in [3.05, 3.63) is 46.9 Å². The van der Waals surface area contributed by atoms with E-state index in [4.69, 9.17) is 10.5 Å². The quantitative estimate of drug-likeness (QED) is 0.825. The lowest BCUT2D eigenvalue weighted by molar-refractivity contribution is 0.414. The van der Waals surface area contributed by atoms with Crippen LogP contribution in [0.4, 0.5) is 11.4 Å². The highest BCUT2D eigenvalue weighted by atomic mass is 79.9. The number of benzene rings is 2. The number of rotatable bonds is 4. The van der Waals surface area contributed by atoms with E-state index in [0.717, 1.165) is 0 Å². The number of anilines is 2. The van der Waals surface area contributed by atoms with Crippen LogP contribution >= 0.6 is 15.9 Å². The third kappa shape index (κ3) is 3.23. The minimum absolute atomic E-state index is 0.153. The number of halogens is 1. The molecule has 0 aliphatic carbocycles. The van der Waals surface area contributed by atoms with Crippen molar-refractivity contribution in [3.8, 4) is 5.75 Å². The van der Waals surface area contributed by atoms with Gasteiger partial charge in [-0.2, -0.15) is 0 Å². The molecule has 0 unspecified atom stereocenters. The standard InChI is InChI=1S/C13H13BrN2O3S/c1-19-10-3-5-11(6-4-10)20(17,18)16-9-2-7-12(14)13(15)8-9/h2-8,16H,15H2,1H3. The Balaban J connectivity index is 2.27. The average Bonchev–Trinajstić information content (AvgIpc) is 2.43. The minimum atomic E-state index is -3.64. The largest absolute Gasteiger partial charge is 0.497 e. The summed E-state index contributed by atoms with van der Waals surface area (Å²) in [5.74, 6) is 0.594. The van der Waals surface area contributed by atoms with Gasteiger partial charge >= 0.3 is 0 Å². The van der Waals surface area contributed by atoms with Crippen molar-refractivity contribution in [2.75, 3.05) is 17.6 Å². The molecule has 3 N–H and O–H groups in total. The molecular formula is C13H13BrN2O3S. The van der Waals surface area contributed by atoms with Crippen LogP contribution in [0.25, 0.3) is 0 Å². The molecule has 0 spiro atoms. The molecule has 20 heavy (non-hydrogen) atoms. The second kappa shape index (κ2) is 5.72. The predicted molar refractivity (Wildman–Crippen MR) is 82.4 cm³/mol. The van der Waals surface area contributed by atoms with Gasteiger partial charge in [0, 0.05) is 10.2 Å². The van der Waals surface area contributed by atoms with E-state index < -0.39 is 10.0 Å². The Hall–Kier alpha value is -1.73. The van der Waals surface area contributed by atoms with E-state index in [1.807, 2.05) is 0 Å². The van der Waals surface area contributed by atoms with Crippen LogP contribution in [0.1, 0.15) is 0 Å². The van der Waals surface area contributed by atoms with Gasteiger partial charge < -0.3 is 10.5 Å². The Kier molecular flexibility index (Phi) is 4.20. The SMILES string of the molecule is COc1ccc(S(=O)(=O)Nc2ccc(Br)c(N)c2)cc1. The summed E-state index contributed by atoms with van der Waals surface area (Å²) >= 11 is 3.25. The fourth-order valence-electron chi connectivity index (χ4n) is 1.58. The molecule has 0 aliphatic heterocycles. The molecule has 0 amide bonds. The van der Waals surface area contributed by atoms with Crippen molar-refractivity contribution >= 4 is 37.3 Å². The second-order valence-electron chi connectivity index (χ2n) is 4.02. The smallest absolute Gasteiger partial charge is 0.261 e. The van der Waals surface area contributed by atoms with Gasteiger partial charge in [-0.15, -0.1) is 0 Å². The van der Waals surface area contributed by atoms with Crippen molar-refractivity contribution in [3.63, 3.8) is 0 Å². The van der Waals surface area contributed by atoms with Gasteiger partial charge in [0.1, 0.15) is 5.75 Å². The Morgan fingerprint density at radius 2 is 1.80 bits per heavy atom. The Morgan fingerprint density at radius 1 is 1.15 bits per heavy atom. The maximum Gasteiger partial charge on any atom is 0.261 e. The van der Waals surface area contributed by atoms with Crippen LogP contribution in [0.5, 0.6) is 5.75 Å². The lowest BCUT2D eigenvalue weighted by Gasteiger charge is -2.09. The second-order valence-corrected chi connectivity index (χ2v) is 6.55. The van der Waals surface area contributed by atoms with Crippen LogP contribution in [-0.4, -0.2) is 15.5 Å². The number of nitrogen functional groups attached to an aromatic ring is 1. The molecule has 0 aliphatic rings. The number of hydrogen-bond donors (Lipinski definition) is 2. The van der Waals surface area contributed by atoms with E-state index in [1.54, 1.807) is 30.3 Å². The summed E-state index contributed by atoms with van der Waals surface area (Å²) in [7, 11) is -2.12. The molecule has 0 saturated carbocycles. The van der Waals surface area contributed by atoms with Crippen LogP contribution in [0.3, 0.4) is 0 Å². The first kappa shape index (κ1) is 14.7. The highest BCUT2D eigenvalue weighted by Crippen LogP contribution is 2.25. The third-order valence-corrected chi connectivity index (χ3v) is 4.74. The number of methoxy groups -OCH3 is 1.